The molecule has 0 aliphatic heterocycles. The van der Waals surface area contributed by atoms with E-state index < -0.39 is 0 Å². The first kappa shape index (κ1) is 13.6. The van der Waals surface area contributed by atoms with Crippen LogP contribution in [0.3, 0.4) is 0 Å². The van der Waals surface area contributed by atoms with Crippen molar-refractivity contribution in [3.05, 3.63) is 53.8 Å². The topological polar surface area (TPSA) is 21.3 Å². The van der Waals surface area contributed by atoms with E-state index in [1.54, 1.807) is 19.2 Å². The predicted octanol–water partition coefficient (Wildman–Crippen LogP) is 3.78. The number of halogens is 1. The van der Waals surface area contributed by atoms with Crippen LogP contribution in [0.15, 0.2) is 42.5 Å². The van der Waals surface area contributed by atoms with E-state index in [0.717, 1.165) is 11.1 Å². The van der Waals surface area contributed by atoms with Gasteiger partial charge in [0.1, 0.15) is 11.6 Å². The van der Waals surface area contributed by atoms with Crippen LogP contribution in [0.4, 0.5) is 4.39 Å². The molecule has 100 valence electrons. The lowest BCUT2D eigenvalue weighted by Crippen LogP contribution is -2.12. The van der Waals surface area contributed by atoms with Crippen LogP contribution in [0.25, 0.3) is 11.1 Å². The molecule has 19 heavy (non-hydrogen) atoms. The standard InChI is InChI=1S/C16H18FNO/c1-11(18-2)12-8-9-16(19-3)14(10-12)13-6-4-5-7-15(13)17/h4-11,18H,1-3H3. The van der Waals surface area contributed by atoms with E-state index >= 15 is 0 Å². The highest BCUT2D eigenvalue weighted by Gasteiger charge is 2.12. The molecule has 2 aromatic carbocycles. The Kier molecular flexibility index (Phi) is 4.17. The van der Waals surface area contributed by atoms with Gasteiger partial charge in [-0.05, 0) is 37.7 Å². The molecule has 0 aliphatic rings. The van der Waals surface area contributed by atoms with E-state index in [9.17, 15) is 4.39 Å². The molecular weight excluding hydrogens is 241 g/mol. The van der Waals surface area contributed by atoms with Gasteiger partial charge >= 0.3 is 0 Å². The highest BCUT2D eigenvalue weighted by atomic mass is 19.1. The normalized spacial score (nSPS) is 12.2. The Morgan fingerprint density at radius 3 is 2.47 bits per heavy atom. The smallest absolute Gasteiger partial charge is 0.131 e. The Morgan fingerprint density at radius 1 is 1.11 bits per heavy atom. The minimum atomic E-state index is -0.241. The molecule has 0 aromatic heterocycles. The largest absolute Gasteiger partial charge is 0.496 e. The van der Waals surface area contributed by atoms with Crippen LogP contribution in [-0.4, -0.2) is 14.2 Å². The Bertz CT molecular complexity index is 568. The summed E-state index contributed by atoms with van der Waals surface area (Å²) in [5, 5.41) is 3.18. The summed E-state index contributed by atoms with van der Waals surface area (Å²) in [6.45, 7) is 2.06. The van der Waals surface area contributed by atoms with Crippen LogP contribution in [0.5, 0.6) is 5.75 Å². The lowest BCUT2D eigenvalue weighted by Gasteiger charge is -2.15. The average Bonchev–Trinajstić information content (AvgIpc) is 2.46. The van der Waals surface area contributed by atoms with Crippen LogP contribution in [0, 0.1) is 5.82 Å². The van der Waals surface area contributed by atoms with Crippen molar-refractivity contribution in [3.8, 4) is 16.9 Å². The lowest BCUT2D eigenvalue weighted by atomic mass is 9.98. The minimum absolute atomic E-state index is 0.205. The van der Waals surface area contributed by atoms with Crippen molar-refractivity contribution in [1.29, 1.82) is 0 Å². The van der Waals surface area contributed by atoms with Gasteiger partial charge in [0.15, 0.2) is 0 Å². The molecule has 0 spiro atoms. The Balaban J connectivity index is 2.57. The molecule has 0 saturated heterocycles. The second-order valence-corrected chi connectivity index (χ2v) is 4.45. The molecule has 0 heterocycles. The van der Waals surface area contributed by atoms with Crippen molar-refractivity contribution >= 4 is 0 Å². The van der Waals surface area contributed by atoms with Crippen LogP contribution in [-0.2, 0) is 0 Å². The molecule has 1 unspecified atom stereocenters. The van der Waals surface area contributed by atoms with E-state index in [2.05, 4.69) is 12.2 Å². The predicted molar refractivity (Wildman–Crippen MR) is 75.9 cm³/mol. The van der Waals surface area contributed by atoms with Crippen LogP contribution < -0.4 is 10.1 Å². The highest BCUT2D eigenvalue weighted by Crippen LogP contribution is 2.33. The zero-order valence-electron chi connectivity index (χ0n) is 11.4. The quantitative estimate of drug-likeness (QED) is 0.902. The summed E-state index contributed by atoms with van der Waals surface area (Å²) >= 11 is 0. The third-order valence-electron chi connectivity index (χ3n) is 3.32. The van der Waals surface area contributed by atoms with Gasteiger partial charge in [-0.2, -0.15) is 0 Å². The molecule has 0 amide bonds. The molecule has 3 heteroatoms. The van der Waals surface area contributed by atoms with Crippen molar-refractivity contribution in [2.24, 2.45) is 0 Å². The molecule has 2 nitrogen and oxygen atoms in total. The summed E-state index contributed by atoms with van der Waals surface area (Å²) in [6.07, 6.45) is 0. The Morgan fingerprint density at radius 2 is 1.84 bits per heavy atom. The van der Waals surface area contributed by atoms with Gasteiger partial charge in [-0.1, -0.05) is 24.3 Å². The number of hydrogen-bond donors (Lipinski definition) is 1. The fourth-order valence-electron chi connectivity index (χ4n) is 2.05. The van der Waals surface area contributed by atoms with E-state index in [1.165, 1.54) is 6.07 Å². The summed E-state index contributed by atoms with van der Waals surface area (Å²) in [4.78, 5) is 0. The monoisotopic (exact) mass is 259 g/mol. The highest BCUT2D eigenvalue weighted by molar-refractivity contribution is 5.71. The summed E-state index contributed by atoms with van der Waals surface area (Å²) in [7, 11) is 3.50. The van der Waals surface area contributed by atoms with Crippen LogP contribution in [0.2, 0.25) is 0 Å². The maximum Gasteiger partial charge on any atom is 0.131 e. The molecule has 0 aliphatic carbocycles. The number of rotatable bonds is 4. The Labute approximate surface area is 113 Å². The molecule has 0 saturated carbocycles. The minimum Gasteiger partial charge on any atom is -0.496 e. The summed E-state index contributed by atoms with van der Waals surface area (Å²) in [5.74, 6) is 0.437. The molecule has 0 radical (unpaired) electrons. The van der Waals surface area contributed by atoms with Gasteiger partial charge < -0.3 is 10.1 Å². The van der Waals surface area contributed by atoms with Gasteiger partial charge in [0.2, 0.25) is 0 Å². The average molecular weight is 259 g/mol. The molecule has 2 rings (SSSR count). The van der Waals surface area contributed by atoms with Gasteiger partial charge in [0.25, 0.3) is 0 Å². The third-order valence-corrected chi connectivity index (χ3v) is 3.32. The number of ether oxygens (including phenoxy) is 1. The first-order valence-electron chi connectivity index (χ1n) is 6.27. The zero-order chi connectivity index (χ0) is 13.8. The van der Waals surface area contributed by atoms with Crippen molar-refractivity contribution in [3.63, 3.8) is 0 Å². The van der Waals surface area contributed by atoms with Gasteiger partial charge in [0, 0.05) is 17.2 Å². The fraction of sp³-hybridized carbons (Fsp3) is 0.250. The van der Waals surface area contributed by atoms with Crippen molar-refractivity contribution in [2.75, 3.05) is 14.2 Å². The fourth-order valence-corrected chi connectivity index (χ4v) is 2.05. The van der Waals surface area contributed by atoms with Crippen LogP contribution >= 0.6 is 0 Å². The number of benzene rings is 2. The Hall–Kier alpha value is -1.87. The number of nitrogens with one attached hydrogen (secondary N) is 1. The molecule has 1 N–H and O–H groups in total. The van der Waals surface area contributed by atoms with Crippen molar-refractivity contribution < 1.29 is 9.13 Å². The second-order valence-electron chi connectivity index (χ2n) is 4.45. The van der Waals surface area contributed by atoms with E-state index in [0.29, 0.717) is 11.3 Å². The van der Waals surface area contributed by atoms with Gasteiger partial charge in [0.05, 0.1) is 7.11 Å². The van der Waals surface area contributed by atoms with Gasteiger partial charge in [-0.15, -0.1) is 0 Å². The molecule has 1 atom stereocenters. The molecule has 2 aromatic rings. The first-order valence-corrected chi connectivity index (χ1v) is 6.27. The zero-order valence-corrected chi connectivity index (χ0v) is 11.4. The van der Waals surface area contributed by atoms with E-state index in [4.69, 9.17) is 4.74 Å². The number of hydrogen-bond acceptors (Lipinski definition) is 2. The number of methoxy groups -OCH3 is 1. The first-order chi connectivity index (χ1) is 9.17. The van der Waals surface area contributed by atoms with E-state index in [-0.39, 0.29) is 11.9 Å². The summed E-state index contributed by atoms with van der Waals surface area (Å²) in [6, 6.07) is 12.8. The SMILES string of the molecule is CNC(C)c1ccc(OC)c(-c2ccccc2F)c1. The summed E-state index contributed by atoms with van der Waals surface area (Å²) in [5.41, 5.74) is 2.44. The van der Waals surface area contributed by atoms with E-state index in [1.807, 2.05) is 31.3 Å². The second kappa shape index (κ2) is 5.85. The molecule has 0 bridgehead atoms. The maximum atomic E-state index is 13.9. The van der Waals surface area contributed by atoms with Gasteiger partial charge in [-0.3, -0.25) is 0 Å². The maximum absolute atomic E-state index is 13.9. The van der Waals surface area contributed by atoms with Crippen LogP contribution in [0.1, 0.15) is 18.5 Å². The summed E-state index contributed by atoms with van der Waals surface area (Å²) < 4.78 is 19.3. The van der Waals surface area contributed by atoms with Crippen molar-refractivity contribution in [1.82, 2.24) is 5.32 Å². The van der Waals surface area contributed by atoms with Gasteiger partial charge in [-0.25, -0.2) is 4.39 Å². The van der Waals surface area contributed by atoms with Crippen molar-refractivity contribution in [2.45, 2.75) is 13.0 Å². The molecular formula is C16H18FNO. The lowest BCUT2D eigenvalue weighted by molar-refractivity contribution is 0.416. The third kappa shape index (κ3) is 2.76. The molecule has 0 fully saturated rings.